The molecule has 1 fully saturated rings. The van der Waals surface area contributed by atoms with Crippen molar-refractivity contribution < 1.29 is 14.3 Å². The molecule has 8 heteroatoms. The van der Waals surface area contributed by atoms with E-state index in [1.54, 1.807) is 35.2 Å². The maximum Gasteiger partial charge on any atom is 0.255 e. The van der Waals surface area contributed by atoms with Gasteiger partial charge in [-0.15, -0.1) is 0 Å². The molecule has 1 N–H and O–H groups in total. The van der Waals surface area contributed by atoms with E-state index < -0.39 is 5.91 Å². The number of anilines is 1. The lowest BCUT2D eigenvalue weighted by Crippen LogP contribution is -2.40. The monoisotopic (exact) mass is 412 g/mol. The van der Waals surface area contributed by atoms with E-state index in [1.807, 2.05) is 0 Å². The summed E-state index contributed by atoms with van der Waals surface area (Å²) in [6.45, 7) is 2.10. The summed E-state index contributed by atoms with van der Waals surface area (Å²) in [5.41, 5.74) is 1.13. The first-order valence-electron chi connectivity index (χ1n) is 7.88. The zero-order valence-electron chi connectivity index (χ0n) is 13.6. The van der Waals surface area contributed by atoms with E-state index in [4.69, 9.17) is 39.5 Å². The number of amides is 2. The first-order valence-corrected chi connectivity index (χ1v) is 9.02. The Labute approximate surface area is 165 Å². The zero-order chi connectivity index (χ0) is 18.7. The fourth-order valence-electron chi connectivity index (χ4n) is 2.53. The molecule has 2 amide bonds. The van der Waals surface area contributed by atoms with E-state index in [2.05, 4.69) is 5.32 Å². The molecule has 0 atom stereocenters. The van der Waals surface area contributed by atoms with Crippen molar-refractivity contribution in [2.45, 2.75) is 0 Å². The molecule has 136 valence electrons. The van der Waals surface area contributed by atoms with Gasteiger partial charge in [-0.2, -0.15) is 0 Å². The fourth-order valence-corrected chi connectivity index (χ4v) is 3.00. The quantitative estimate of drug-likeness (QED) is 0.813. The molecule has 0 saturated carbocycles. The van der Waals surface area contributed by atoms with Crippen molar-refractivity contribution in [1.29, 1.82) is 0 Å². The van der Waals surface area contributed by atoms with Crippen molar-refractivity contribution in [3.8, 4) is 0 Å². The Morgan fingerprint density at radius 3 is 2.23 bits per heavy atom. The van der Waals surface area contributed by atoms with Crippen molar-refractivity contribution in [1.82, 2.24) is 4.90 Å². The molecule has 2 aromatic carbocycles. The number of hydrogen-bond acceptors (Lipinski definition) is 3. The summed E-state index contributed by atoms with van der Waals surface area (Å²) in [7, 11) is 0. The summed E-state index contributed by atoms with van der Waals surface area (Å²) in [5.74, 6) is -0.531. The summed E-state index contributed by atoms with van der Waals surface area (Å²) >= 11 is 18.0. The van der Waals surface area contributed by atoms with Crippen LogP contribution in [0.2, 0.25) is 15.1 Å². The summed E-state index contributed by atoms with van der Waals surface area (Å²) in [6, 6.07) is 9.35. The second kappa shape index (κ2) is 8.27. The lowest BCUT2D eigenvalue weighted by atomic mass is 10.1. The molecule has 1 aliphatic heterocycles. The minimum atomic E-state index is -0.401. The van der Waals surface area contributed by atoms with Gasteiger partial charge in [0, 0.05) is 24.2 Å². The van der Waals surface area contributed by atoms with Gasteiger partial charge in [-0.25, -0.2) is 0 Å². The highest BCUT2D eigenvalue weighted by atomic mass is 35.5. The third-order valence-corrected chi connectivity index (χ3v) is 5.01. The van der Waals surface area contributed by atoms with Crippen LogP contribution in [0.3, 0.4) is 0 Å². The number of benzene rings is 2. The Bertz CT molecular complexity index is 852. The van der Waals surface area contributed by atoms with Gasteiger partial charge in [0.2, 0.25) is 0 Å². The number of rotatable bonds is 3. The molecule has 1 aliphatic rings. The summed E-state index contributed by atoms with van der Waals surface area (Å²) in [5, 5.41) is 3.67. The van der Waals surface area contributed by atoms with E-state index in [9.17, 15) is 9.59 Å². The summed E-state index contributed by atoms with van der Waals surface area (Å²) in [6.07, 6.45) is 0. The molecule has 1 heterocycles. The molecule has 0 aliphatic carbocycles. The van der Waals surface area contributed by atoms with Gasteiger partial charge in [0.05, 0.1) is 34.0 Å². The number of carbonyl (C=O) groups excluding carboxylic acids is 2. The smallest absolute Gasteiger partial charge is 0.255 e. The molecule has 5 nitrogen and oxygen atoms in total. The predicted molar refractivity (Wildman–Crippen MR) is 103 cm³/mol. The van der Waals surface area contributed by atoms with Crippen molar-refractivity contribution in [2.24, 2.45) is 0 Å². The van der Waals surface area contributed by atoms with Crippen LogP contribution in [0, 0.1) is 0 Å². The van der Waals surface area contributed by atoms with Crippen LogP contribution < -0.4 is 5.32 Å². The van der Waals surface area contributed by atoms with Crippen LogP contribution in [0.4, 0.5) is 5.69 Å². The SMILES string of the molecule is O=C(Nc1cc(C(=O)N2CCOCC2)ccc1Cl)c1ccc(Cl)c(Cl)c1. The molecule has 0 spiro atoms. The van der Waals surface area contributed by atoms with Crippen LogP contribution in [0.25, 0.3) is 0 Å². The van der Waals surface area contributed by atoms with Gasteiger partial charge in [0.15, 0.2) is 0 Å². The zero-order valence-corrected chi connectivity index (χ0v) is 15.9. The Morgan fingerprint density at radius 2 is 1.54 bits per heavy atom. The van der Waals surface area contributed by atoms with Crippen LogP contribution in [0.5, 0.6) is 0 Å². The second-order valence-electron chi connectivity index (χ2n) is 5.68. The molecule has 2 aromatic rings. The third-order valence-electron chi connectivity index (χ3n) is 3.94. The number of hydrogen-bond donors (Lipinski definition) is 1. The Balaban J connectivity index is 1.80. The normalized spacial score (nSPS) is 14.2. The van der Waals surface area contributed by atoms with E-state index in [-0.39, 0.29) is 10.9 Å². The maximum atomic E-state index is 12.6. The fraction of sp³-hybridized carbons (Fsp3) is 0.222. The van der Waals surface area contributed by atoms with Crippen molar-refractivity contribution in [2.75, 3.05) is 31.6 Å². The van der Waals surface area contributed by atoms with E-state index in [0.717, 1.165) is 0 Å². The number of ether oxygens (including phenoxy) is 1. The molecule has 0 radical (unpaired) electrons. The molecule has 0 aromatic heterocycles. The number of carbonyl (C=O) groups is 2. The number of nitrogens with one attached hydrogen (secondary N) is 1. The minimum absolute atomic E-state index is 0.130. The summed E-state index contributed by atoms with van der Waals surface area (Å²) < 4.78 is 5.26. The maximum absolute atomic E-state index is 12.6. The predicted octanol–water partition coefficient (Wildman–Crippen LogP) is 4.37. The van der Waals surface area contributed by atoms with E-state index in [1.165, 1.54) is 6.07 Å². The van der Waals surface area contributed by atoms with Gasteiger partial charge in [-0.05, 0) is 36.4 Å². The molecule has 26 heavy (non-hydrogen) atoms. The van der Waals surface area contributed by atoms with E-state index >= 15 is 0 Å². The van der Waals surface area contributed by atoms with Crippen molar-refractivity contribution in [3.63, 3.8) is 0 Å². The van der Waals surface area contributed by atoms with Crippen LogP contribution in [-0.2, 0) is 4.74 Å². The topological polar surface area (TPSA) is 58.6 Å². The standard InChI is InChI=1S/C18H15Cl3N2O3/c19-13-3-1-11(9-15(13)21)17(24)22-16-10-12(2-4-14(16)20)18(25)23-5-7-26-8-6-23/h1-4,9-10H,5-8H2,(H,22,24). The summed E-state index contributed by atoms with van der Waals surface area (Å²) in [4.78, 5) is 26.7. The molecule has 0 bridgehead atoms. The third kappa shape index (κ3) is 4.30. The van der Waals surface area contributed by atoms with Crippen LogP contribution in [-0.4, -0.2) is 43.0 Å². The first-order chi connectivity index (χ1) is 12.5. The average Bonchev–Trinajstić information content (AvgIpc) is 2.65. The molecular formula is C18H15Cl3N2O3. The number of morpholine rings is 1. The molecule has 3 rings (SSSR count). The molecular weight excluding hydrogens is 399 g/mol. The van der Waals surface area contributed by atoms with Gasteiger partial charge in [0.1, 0.15) is 0 Å². The largest absolute Gasteiger partial charge is 0.378 e. The van der Waals surface area contributed by atoms with Crippen LogP contribution >= 0.6 is 34.8 Å². The van der Waals surface area contributed by atoms with Gasteiger partial charge in [-0.1, -0.05) is 34.8 Å². The first kappa shape index (κ1) is 19.0. The highest BCUT2D eigenvalue weighted by Gasteiger charge is 2.20. The number of halogens is 3. The van der Waals surface area contributed by atoms with Crippen LogP contribution in [0.15, 0.2) is 36.4 Å². The Kier molecular flexibility index (Phi) is 6.04. The molecule has 0 unspecified atom stereocenters. The number of nitrogens with zero attached hydrogens (tertiary/aromatic N) is 1. The molecule has 1 saturated heterocycles. The minimum Gasteiger partial charge on any atom is -0.378 e. The van der Waals surface area contributed by atoms with Gasteiger partial charge < -0.3 is 15.0 Å². The average molecular weight is 414 g/mol. The van der Waals surface area contributed by atoms with Crippen LogP contribution in [0.1, 0.15) is 20.7 Å². The highest BCUT2D eigenvalue weighted by Crippen LogP contribution is 2.26. The lowest BCUT2D eigenvalue weighted by Gasteiger charge is -2.27. The van der Waals surface area contributed by atoms with Crippen molar-refractivity contribution in [3.05, 3.63) is 62.6 Å². The van der Waals surface area contributed by atoms with E-state index in [0.29, 0.717) is 53.2 Å². The lowest BCUT2D eigenvalue weighted by molar-refractivity contribution is 0.0303. The Morgan fingerprint density at radius 1 is 0.885 bits per heavy atom. The van der Waals surface area contributed by atoms with Gasteiger partial charge in [-0.3, -0.25) is 9.59 Å². The van der Waals surface area contributed by atoms with Crippen molar-refractivity contribution >= 4 is 52.3 Å². The van der Waals surface area contributed by atoms with Gasteiger partial charge in [0.25, 0.3) is 11.8 Å². The highest BCUT2D eigenvalue weighted by molar-refractivity contribution is 6.42. The Hall–Kier alpha value is -1.79. The second-order valence-corrected chi connectivity index (χ2v) is 6.90. The van der Waals surface area contributed by atoms with Gasteiger partial charge >= 0.3 is 0 Å².